The van der Waals surface area contributed by atoms with E-state index in [1.165, 1.54) is 25.0 Å². The lowest BCUT2D eigenvalue weighted by Crippen LogP contribution is -2.78. The molecule has 2 N–H and O–H groups in total. The van der Waals surface area contributed by atoms with Crippen LogP contribution >= 0.6 is 0 Å². The number of benzene rings is 2. The van der Waals surface area contributed by atoms with Gasteiger partial charge in [0.05, 0.1) is 17.1 Å². The molecule has 1 amide bonds. The summed E-state index contributed by atoms with van der Waals surface area (Å²) in [7, 11) is 0. The SMILES string of the molecule is O=C1c2cc(F)ccc2CN1[C@@H]1CC[C@@]2(O)[C@H]3Cc4ccc(O)c5c4[C@@]2(CCN3CC2CC2)[C@H]1O5. The molecule has 6 nitrogen and oxygen atoms in total. The van der Waals surface area contributed by atoms with E-state index in [1.54, 1.807) is 12.1 Å². The maximum atomic E-state index is 13.9. The molecular formula is C28H29FN2O4. The highest BCUT2D eigenvalue weighted by Crippen LogP contribution is 2.66. The van der Waals surface area contributed by atoms with Crippen LogP contribution in [0.25, 0.3) is 0 Å². The third-order valence-corrected chi connectivity index (χ3v) is 10.0. The monoisotopic (exact) mass is 476 g/mol. The largest absolute Gasteiger partial charge is 0.504 e. The molecule has 2 aromatic rings. The molecule has 35 heavy (non-hydrogen) atoms. The smallest absolute Gasteiger partial charge is 0.254 e. The van der Waals surface area contributed by atoms with Crippen molar-refractivity contribution in [2.24, 2.45) is 5.92 Å². The van der Waals surface area contributed by atoms with Crippen molar-refractivity contribution in [2.45, 2.75) is 74.3 Å². The summed E-state index contributed by atoms with van der Waals surface area (Å²) in [5.74, 6) is 0.742. The number of carbonyl (C=O) groups is 1. The molecule has 0 radical (unpaired) electrons. The summed E-state index contributed by atoms with van der Waals surface area (Å²) >= 11 is 0. The Labute approximate surface area is 203 Å². The van der Waals surface area contributed by atoms with Crippen molar-refractivity contribution in [3.63, 3.8) is 0 Å². The van der Waals surface area contributed by atoms with E-state index < -0.39 is 22.9 Å². The average molecular weight is 477 g/mol. The summed E-state index contributed by atoms with van der Waals surface area (Å²) in [4.78, 5) is 17.8. The number of phenols is 1. The number of carbonyl (C=O) groups excluding carboxylic acids is 1. The number of phenolic OH excluding ortho intramolecular Hbond substituents is 1. The van der Waals surface area contributed by atoms with Crippen molar-refractivity contribution in [3.8, 4) is 11.5 Å². The molecule has 182 valence electrons. The number of piperidine rings is 1. The number of amides is 1. The van der Waals surface area contributed by atoms with Crippen LogP contribution in [0.2, 0.25) is 0 Å². The summed E-state index contributed by atoms with van der Waals surface area (Å²) < 4.78 is 20.5. The second-order valence-electron chi connectivity index (χ2n) is 11.6. The molecule has 2 aromatic carbocycles. The summed E-state index contributed by atoms with van der Waals surface area (Å²) in [6, 6.07) is 7.89. The highest BCUT2D eigenvalue weighted by Gasteiger charge is 2.73. The van der Waals surface area contributed by atoms with Crippen LogP contribution in [0, 0.1) is 11.7 Å². The Bertz CT molecular complexity index is 1290. The number of hydrogen-bond acceptors (Lipinski definition) is 5. The quantitative estimate of drug-likeness (QED) is 0.712. The van der Waals surface area contributed by atoms with Gasteiger partial charge in [0.15, 0.2) is 11.5 Å². The number of fused-ring (bicyclic) bond motifs is 1. The van der Waals surface area contributed by atoms with Gasteiger partial charge in [-0.05, 0) is 80.3 Å². The molecule has 1 spiro atoms. The van der Waals surface area contributed by atoms with E-state index in [9.17, 15) is 19.4 Å². The van der Waals surface area contributed by atoms with Crippen molar-refractivity contribution >= 4 is 5.91 Å². The zero-order valence-corrected chi connectivity index (χ0v) is 19.5. The summed E-state index contributed by atoms with van der Waals surface area (Å²) in [5, 5.41) is 23.4. The van der Waals surface area contributed by atoms with Crippen LogP contribution in [-0.2, 0) is 18.4 Å². The molecule has 1 saturated heterocycles. The van der Waals surface area contributed by atoms with E-state index in [1.807, 2.05) is 11.0 Å². The topological polar surface area (TPSA) is 73.2 Å². The highest BCUT2D eigenvalue weighted by atomic mass is 19.1. The molecule has 6 aliphatic rings. The third kappa shape index (κ3) is 2.44. The first kappa shape index (κ1) is 20.5. The fourth-order valence-electron chi connectivity index (χ4n) is 8.34. The Morgan fingerprint density at radius 2 is 1.94 bits per heavy atom. The summed E-state index contributed by atoms with van der Waals surface area (Å²) in [6.07, 6.45) is 4.77. The van der Waals surface area contributed by atoms with Crippen LogP contribution in [0.5, 0.6) is 11.5 Å². The van der Waals surface area contributed by atoms with E-state index >= 15 is 0 Å². The fraction of sp³-hybridized carbons (Fsp3) is 0.536. The van der Waals surface area contributed by atoms with E-state index in [2.05, 4.69) is 4.90 Å². The van der Waals surface area contributed by atoms with E-state index in [0.29, 0.717) is 30.7 Å². The van der Waals surface area contributed by atoms with Crippen molar-refractivity contribution in [2.75, 3.05) is 13.1 Å². The zero-order valence-electron chi connectivity index (χ0n) is 19.5. The molecule has 3 aliphatic carbocycles. The van der Waals surface area contributed by atoms with Gasteiger partial charge < -0.3 is 19.8 Å². The van der Waals surface area contributed by atoms with Gasteiger partial charge >= 0.3 is 0 Å². The zero-order chi connectivity index (χ0) is 23.7. The van der Waals surface area contributed by atoms with Gasteiger partial charge in [0, 0.05) is 30.3 Å². The van der Waals surface area contributed by atoms with Gasteiger partial charge in [-0.2, -0.15) is 0 Å². The number of ether oxygens (including phenoxy) is 1. The second kappa shape index (κ2) is 6.56. The number of likely N-dealkylation sites (tertiary alicyclic amines) is 1. The Hall–Kier alpha value is -2.64. The fourth-order valence-corrected chi connectivity index (χ4v) is 8.34. The predicted octanol–water partition coefficient (Wildman–Crippen LogP) is 3.12. The number of hydrogen-bond donors (Lipinski definition) is 2. The molecule has 5 atom stereocenters. The van der Waals surface area contributed by atoms with Crippen molar-refractivity contribution < 1.29 is 24.1 Å². The van der Waals surface area contributed by atoms with Gasteiger partial charge in [-0.15, -0.1) is 0 Å². The minimum atomic E-state index is -0.977. The average Bonchev–Trinajstić information content (AvgIpc) is 3.50. The summed E-state index contributed by atoms with van der Waals surface area (Å²) in [5.41, 5.74) is 1.72. The molecule has 0 unspecified atom stereocenters. The highest BCUT2D eigenvalue weighted by molar-refractivity contribution is 5.98. The molecule has 2 bridgehead atoms. The Morgan fingerprint density at radius 1 is 1.11 bits per heavy atom. The van der Waals surface area contributed by atoms with Gasteiger partial charge in [-0.3, -0.25) is 9.69 Å². The van der Waals surface area contributed by atoms with E-state index in [4.69, 9.17) is 4.74 Å². The first-order valence-corrected chi connectivity index (χ1v) is 13.0. The minimum Gasteiger partial charge on any atom is -0.504 e. The van der Waals surface area contributed by atoms with Crippen molar-refractivity contribution in [1.29, 1.82) is 0 Å². The van der Waals surface area contributed by atoms with Crippen LogP contribution in [0.3, 0.4) is 0 Å². The first-order valence-electron chi connectivity index (χ1n) is 13.0. The standard InChI is InChI=1S/C28H29FN2O4/c29-18-5-3-17-14-31(26(33)19(17)12-18)20-7-8-28(34)22-11-16-4-6-21(32)24-23(16)27(28,25(20)35-24)9-10-30(22)13-15-1-2-15/h3-6,12,15,20,22,25,32,34H,1-2,7-11,13-14H2/t20-,22-,25+,27+,28-/m1/s1. The number of nitrogens with zero attached hydrogens (tertiary/aromatic N) is 2. The van der Waals surface area contributed by atoms with Gasteiger partial charge in [0.1, 0.15) is 11.9 Å². The predicted molar refractivity (Wildman–Crippen MR) is 125 cm³/mol. The molecule has 7 heteroatoms. The minimum absolute atomic E-state index is 0.00691. The van der Waals surface area contributed by atoms with Crippen LogP contribution in [0.15, 0.2) is 30.3 Å². The van der Waals surface area contributed by atoms with Gasteiger partial charge in [0.2, 0.25) is 0 Å². The molecule has 3 aliphatic heterocycles. The molecule has 0 aromatic heterocycles. The Kier molecular flexibility index (Phi) is 3.85. The normalized spacial score (nSPS) is 36.7. The van der Waals surface area contributed by atoms with Crippen molar-refractivity contribution in [1.82, 2.24) is 9.80 Å². The molecule has 8 rings (SSSR count). The molecule has 2 saturated carbocycles. The molecular weight excluding hydrogens is 447 g/mol. The third-order valence-electron chi connectivity index (χ3n) is 10.0. The Morgan fingerprint density at radius 3 is 2.77 bits per heavy atom. The van der Waals surface area contributed by atoms with Gasteiger partial charge in [-0.25, -0.2) is 4.39 Å². The van der Waals surface area contributed by atoms with Crippen LogP contribution < -0.4 is 4.74 Å². The van der Waals surface area contributed by atoms with Gasteiger partial charge in [0.25, 0.3) is 5.91 Å². The Balaban J connectivity index is 1.25. The number of aliphatic hydroxyl groups is 1. The second-order valence-corrected chi connectivity index (χ2v) is 11.6. The van der Waals surface area contributed by atoms with Crippen LogP contribution in [-0.4, -0.2) is 62.8 Å². The lowest BCUT2D eigenvalue weighted by molar-refractivity contribution is -0.198. The van der Waals surface area contributed by atoms with E-state index in [0.717, 1.165) is 48.5 Å². The van der Waals surface area contributed by atoms with Crippen LogP contribution in [0.1, 0.15) is 59.2 Å². The first-order chi connectivity index (χ1) is 16.9. The lowest BCUT2D eigenvalue weighted by Gasteiger charge is -2.64. The van der Waals surface area contributed by atoms with Crippen LogP contribution in [0.4, 0.5) is 4.39 Å². The molecule has 3 fully saturated rings. The number of halogens is 1. The number of rotatable bonds is 3. The number of aromatic hydroxyl groups is 1. The van der Waals surface area contributed by atoms with E-state index in [-0.39, 0.29) is 23.7 Å². The summed E-state index contributed by atoms with van der Waals surface area (Å²) in [6.45, 7) is 2.33. The molecule has 3 heterocycles. The van der Waals surface area contributed by atoms with Gasteiger partial charge in [-0.1, -0.05) is 12.1 Å². The maximum Gasteiger partial charge on any atom is 0.254 e. The van der Waals surface area contributed by atoms with Crippen molar-refractivity contribution in [3.05, 3.63) is 58.4 Å². The lowest BCUT2D eigenvalue weighted by atomic mass is 9.48. The maximum absolute atomic E-state index is 13.9.